The van der Waals surface area contributed by atoms with Crippen LogP contribution in [0.3, 0.4) is 0 Å². The highest BCUT2D eigenvalue weighted by Gasteiger charge is 2.23. The number of hydrogen-bond donors (Lipinski definition) is 1. The molecule has 0 fully saturated rings. The molecule has 0 bridgehead atoms. The minimum atomic E-state index is -3.79. The maximum atomic E-state index is 13.5. The number of halogens is 2. The van der Waals surface area contributed by atoms with Crippen molar-refractivity contribution in [3.8, 4) is 0 Å². The SMILES string of the molecule is CN(CCN)S(=O)(=O)c1ccc(Br)cc1F. The summed E-state index contributed by atoms with van der Waals surface area (Å²) in [6.45, 7) is 0.339. The van der Waals surface area contributed by atoms with Crippen molar-refractivity contribution in [3.63, 3.8) is 0 Å². The number of likely N-dealkylation sites (N-methyl/N-ethyl adjacent to an activating group) is 1. The van der Waals surface area contributed by atoms with Crippen molar-refractivity contribution in [2.75, 3.05) is 20.1 Å². The molecule has 2 N–H and O–H groups in total. The minimum absolute atomic E-state index is 0.151. The maximum Gasteiger partial charge on any atom is 0.245 e. The molecule has 0 amide bonds. The van der Waals surface area contributed by atoms with Crippen LogP contribution in [0.4, 0.5) is 4.39 Å². The van der Waals surface area contributed by atoms with Crippen molar-refractivity contribution in [3.05, 3.63) is 28.5 Å². The molecule has 0 radical (unpaired) electrons. The fourth-order valence-electron chi connectivity index (χ4n) is 1.15. The van der Waals surface area contributed by atoms with Gasteiger partial charge in [0.05, 0.1) is 0 Å². The van der Waals surface area contributed by atoms with Crippen LogP contribution in [0.25, 0.3) is 0 Å². The molecule has 0 aliphatic carbocycles. The third kappa shape index (κ3) is 2.79. The highest BCUT2D eigenvalue weighted by Crippen LogP contribution is 2.21. The number of hydrogen-bond acceptors (Lipinski definition) is 3. The Bertz CT molecular complexity index is 478. The van der Waals surface area contributed by atoms with Gasteiger partial charge in [-0.3, -0.25) is 0 Å². The predicted octanol–water partition coefficient (Wildman–Crippen LogP) is 1.17. The van der Waals surface area contributed by atoms with E-state index in [0.717, 1.165) is 10.4 Å². The normalized spacial score (nSPS) is 12.1. The summed E-state index contributed by atoms with van der Waals surface area (Å²) in [5.74, 6) is -0.779. The first-order chi connectivity index (χ1) is 7.39. The van der Waals surface area contributed by atoms with Crippen molar-refractivity contribution in [1.29, 1.82) is 0 Å². The van der Waals surface area contributed by atoms with Crippen molar-refractivity contribution in [1.82, 2.24) is 4.31 Å². The number of rotatable bonds is 4. The Morgan fingerprint density at radius 3 is 2.62 bits per heavy atom. The second kappa shape index (κ2) is 5.22. The molecule has 0 saturated carbocycles. The first-order valence-electron chi connectivity index (χ1n) is 4.51. The van der Waals surface area contributed by atoms with Gasteiger partial charge in [-0.15, -0.1) is 0 Å². The average molecular weight is 311 g/mol. The third-order valence-electron chi connectivity index (χ3n) is 2.03. The van der Waals surface area contributed by atoms with Gasteiger partial charge in [0.1, 0.15) is 10.7 Å². The Morgan fingerprint density at radius 1 is 1.50 bits per heavy atom. The van der Waals surface area contributed by atoms with Gasteiger partial charge in [0, 0.05) is 24.6 Å². The van der Waals surface area contributed by atoms with Gasteiger partial charge in [-0.1, -0.05) is 15.9 Å². The molecule has 7 heteroatoms. The molecule has 16 heavy (non-hydrogen) atoms. The zero-order valence-electron chi connectivity index (χ0n) is 8.65. The van der Waals surface area contributed by atoms with Gasteiger partial charge >= 0.3 is 0 Å². The quantitative estimate of drug-likeness (QED) is 0.908. The van der Waals surface area contributed by atoms with Crippen LogP contribution < -0.4 is 5.73 Å². The molecule has 0 heterocycles. The summed E-state index contributed by atoms with van der Waals surface area (Å²) in [4.78, 5) is -0.341. The number of nitrogens with zero attached hydrogens (tertiary/aromatic N) is 1. The number of sulfonamides is 1. The van der Waals surface area contributed by atoms with Crippen molar-refractivity contribution in [2.24, 2.45) is 5.73 Å². The first kappa shape index (κ1) is 13.6. The van der Waals surface area contributed by atoms with E-state index in [9.17, 15) is 12.8 Å². The lowest BCUT2D eigenvalue weighted by atomic mass is 10.3. The fourth-order valence-corrected chi connectivity index (χ4v) is 2.71. The standard InChI is InChI=1S/C9H12BrFN2O2S/c1-13(5-4-12)16(14,15)9-3-2-7(10)6-8(9)11/h2-3,6H,4-5,12H2,1H3. The lowest BCUT2D eigenvalue weighted by Crippen LogP contribution is -2.32. The van der Waals surface area contributed by atoms with E-state index in [4.69, 9.17) is 5.73 Å². The molecule has 0 atom stereocenters. The Labute approximate surface area is 102 Å². The molecule has 0 aliphatic heterocycles. The van der Waals surface area contributed by atoms with Crippen LogP contribution in [0.2, 0.25) is 0 Å². The monoisotopic (exact) mass is 310 g/mol. The smallest absolute Gasteiger partial charge is 0.245 e. The predicted molar refractivity (Wildman–Crippen MR) is 63.0 cm³/mol. The molecule has 1 aromatic rings. The van der Waals surface area contributed by atoms with Crippen LogP contribution in [-0.4, -0.2) is 32.9 Å². The second-order valence-corrected chi connectivity index (χ2v) is 6.12. The van der Waals surface area contributed by atoms with Gasteiger partial charge in [0.25, 0.3) is 0 Å². The lowest BCUT2D eigenvalue weighted by Gasteiger charge is -2.16. The molecule has 0 spiro atoms. The molecule has 0 saturated heterocycles. The summed E-state index contributed by atoms with van der Waals surface area (Å²) in [5.41, 5.74) is 5.26. The lowest BCUT2D eigenvalue weighted by molar-refractivity contribution is 0.469. The van der Waals surface area contributed by atoms with Gasteiger partial charge in [-0.05, 0) is 18.2 Å². The van der Waals surface area contributed by atoms with E-state index in [2.05, 4.69) is 15.9 Å². The van der Waals surface area contributed by atoms with Gasteiger partial charge in [0.2, 0.25) is 10.0 Å². The highest BCUT2D eigenvalue weighted by molar-refractivity contribution is 9.10. The molecular weight excluding hydrogens is 299 g/mol. The van der Waals surface area contributed by atoms with Crippen molar-refractivity contribution >= 4 is 26.0 Å². The third-order valence-corrected chi connectivity index (χ3v) is 4.41. The second-order valence-electron chi connectivity index (χ2n) is 3.19. The topological polar surface area (TPSA) is 63.4 Å². The van der Waals surface area contributed by atoms with Crippen LogP contribution in [0.15, 0.2) is 27.6 Å². The molecule has 0 aliphatic rings. The van der Waals surface area contributed by atoms with Crippen LogP contribution in [0, 0.1) is 5.82 Å². The van der Waals surface area contributed by atoms with E-state index in [1.807, 2.05) is 0 Å². The Hall–Kier alpha value is -0.500. The Kier molecular flexibility index (Phi) is 4.43. The van der Waals surface area contributed by atoms with Crippen LogP contribution in [0.1, 0.15) is 0 Å². The van der Waals surface area contributed by atoms with Gasteiger partial charge in [0.15, 0.2) is 0 Å². The maximum absolute atomic E-state index is 13.5. The van der Waals surface area contributed by atoms with Crippen LogP contribution >= 0.6 is 15.9 Å². The highest BCUT2D eigenvalue weighted by atomic mass is 79.9. The zero-order chi connectivity index (χ0) is 12.3. The summed E-state index contributed by atoms with van der Waals surface area (Å²) in [5, 5.41) is 0. The fraction of sp³-hybridized carbons (Fsp3) is 0.333. The molecule has 90 valence electrons. The van der Waals surface area contributed by atoms with Crippen molar-refractivity contribution in [2.45, 2.75) is 4.90 Å². The van der Waals surface area contributed by atoms with E-state index in [1.165, 1.54) is 19.2 Å². The van der Waals surface area contributed by atoms with Crippen LogP contribution in [-0.2, 0) is 10.0 Å². The molecule has 4 nitrogen and oxygen atoms in total. The summed E-state index contributed by atoms with van der Waals surface area (Å²) >= 11 is 3.06. The van der Waals surface area contributed by atoms with E-state index < -0.39 is 15.8 Å². The Morgan fingerprint density at radius 2 is 2.12 bits per heavy atom. The van der Waals surface area contributed by atoms with E-state index in [0.29, 0.717) is 4.47 Å². The molecule has 1 rings (SSSR count). The molecule has 0 aromatic heterocycles. The average Bonchev–Trinajstić information content (AvgIpc) is 2.17. The summed E-state index contributed by atoms with van der Waals surface area (Å²) < 4.78 is 38.7. The molecule has 1 aromatic carbocycles. The van der Waals surface area contributed by atoms with Crippen molar-refractivity contribution < 1.29 is 12.8 Å². The van der Waals surface area contributed by atoms with Gasteiger partial charge in [-0.2, -0.15) is 4.31 Å². The molecule has 0 unspecified atom stereocenters. The van der Waals surface area contributed by atoms with E-state index >= 15 is 0 Å². The van der Waals surface area contributed by atoms with Crippen LogP contribution in [0.5, 0.6) is 0 Å². The van der Waals surface area contributed by atoms with Gasteiger partial charge in [-0.25, -0.2) is 12.8 Å². The zero-order valence-corrected chi connectivity index (χ0v) is 11.1. The first-order valence-corrected chi connectivity index (χ1v) is 6.74. The molecular formula is C9H12BrFN2O2S. The van der Waals surface area contributed by atoms with E-state index in [1.54, 1.807) is 0 Å². The number of benzene rings is 1. The summed E-state index contributed by atoms with van der Waals surface area (Å²) in [7, 11) is -2.43. The Balaban J connectivity index is 3.17. The number of nitrogens with two attached hydrogens (primary N) is 1. The largest absolute Gasteiger partial charge is 0.329 e. The van der Waals surface area contributed by atoms with Gasteiger partial charge < -0.3 is 5.73 Å². The van der Waals surface area contributed by atoms with E-state index in [-0.39, 0.29) is 18.0 Å². The minimum Gasteiger partial charge on any atom is -0.329 e. The summed E-state index contributed by atoms with van der Waals surface area (Å²) in [6.07, 6.45) is 0. The summed E-state index contributed by atoms with van der Waals surface area (Å²) in [6, 6.07) is 3.82.